The van der Waals surface area contributed by atoms with Crippen LogP contribution in [0, 0.1) is 39.9 Å². The van der Waals surface area contributed by atoms with Gasteiger partial charge < -0.3 is 5.32 Å². The smallest absolute Gasteiger partial charge is 0.224 e. The molecular weight excluding hydrogens is 288 g/mol. The lowest BCUT2D eigenvalue weighted by molar-refractivity contribution is -0.122. The van der Waals surface area contributed by atoms with Crippen molar-refractivity contribution in [1.29, 1.82) is 15.8 Å². The van der Waals surface area contributed by atoms with Crippen LogP contribution in [0.1, 0.15) is 17.9 Å². The number of halogens is 1. The summed E-state index contributed by atoms with van der Waals surface area (Å²) in [6.07, 6.45) is 0.0790. The van der Waals surface area contributed by atoms with Crippen LogP contribution in [-0.2, 0) is 4.79 Å². The number of rotatable bonds is 1. The zero-order valence-electron chi connectivity index (χ0n) is 10.8. The van der Waals surface area contributed by atoms with Crippen LogP contribution in [0.3, 0.4) is 0 Å². The van der Waals surface area contributed by atoms with E-state index in [0.29, 0.717) is 10.6 Å². The monoisotopic (exact) mass is 296 g/mol. The highest BCUT2D eigenvalue weighted by Crippen LogP contribution is 2.39. The Hall–Kier alpha value is -2.81. The van der Waals surface area contributed by atoms with Crippen molar-refractivity contribution >= 4 is 17.5 Å². The molecule has 6 heteroatoms. The van der Waals surface area contributed by atoms with Gasteiger partial charge in [-0.2, -0.15) is 15.8 Å². The number of nitrogens with one attached hydrogen (secondary N) is 1. The summed E-state index contributed by atoms with van der Waals surface area (Å²) in [7, 11) is 0. The van der Waals surface area contributed by atoms with Gasteiger partial charge in [0.15, 0.2) is 0 Å². The molecule has 1 amide bonds. The van der Waals surface area contributed by atoms with Gasteiger partial charge in [-0.1, -0.05) is 29.8 Å². The van der Waals surface area contributed by atoms with E-state index >= 15 is 0 Å². The molecule has 0 bridgehead atoms. The molecule has 1 heterocycles. The quantitative estimate of drug-likeness (QED) is 0.804. The standard InChI is InChI=1S/C15H9ClN4O/c16-13-4-2-1-3-10(13)11-5-14(21)20-15(12(11)8-19)9(6-17)7-18/h1-4,11-12H,5H2,(H,20,21). The number of allylic oxidation sites excluding steroid dienone is 2. The molecule has 5 nitrogen and oxygen atoms in total. The van der Waals surface area contributed by atoms with Gasteiger partial charge in [0, 0.05) is 17.4 Å². The first-order chi connectivity index (χ1) is 10.1. The van der Waals surface area contributed by atoms with Crippen molar-refractivity contribution in [2.24, 2.45) is 5.92 Å². The van der Waals surface area contributed by atoms with Gasteiger partial charge in [-0.05, 0) is 11.6 Å². The summed E-state index contributed by atoms with van der Waals surface area (Å²) in [5.74, 6) is -1.62. The van der Waals surface area contributed by atoms with E-state index in [2.05, 4.69) is 11.4 Å². The zero-order valence-corrected chi connectivity index (χ0v) is 11.6. The fourth-order valence-corrected chi connectivity index (χ4v) is 2.66. The molecule has 0 spiro atoms. The lowest BCUT2D eigenvalue weighted by Crippen LogP contribution is -2.38. The van der Waals surface area contributed by atoms with Crippen molar-refractivity contribution in [2.75, 3.05) is 0 Å². The summed E-state index contributed by atoms with van der Waals surface area (Å²) in [6.45, 7) is 0. The van der Waals surface area contributed by atoms with Gasteiger partial charge in [-0.25, -0.2) is 0 Å². The van der Waals surface area contributed by atoms with Crippen LogP contribution in [0.4, 0.5) is 0 Å². The minimum Gasteiger partial charge on any atom is -0.327 e. The molecule has 0 aliphatic carbocycles. The fourth-order valence-electron chi connectivity index (χ4n) is 2.38. The van der Waals surface area contributed by atoms with Crippen molar-refractivity contribution in [3.8, 4) is 18.2 Å². The number of amides is 1. The van der Waals surface area contributed by atoms with Crippen LogP contribution in [0.25, 0.3) is 0 Å². The zero-order chi connectivity index (χ0) is 15.4. The summed E-state index contributed by atoms with van der Waals surface area (Å²) in [6, 6.07) is 12.4. The summed E-state index contributed by atoms with van der Waals surface area (Å²) in [5.41, 5.74) is 0.462. The second-order valence-corrected chi connectivity index (χ2v) is 4.91. The third kappa shape index (κ3) is 2.72. The fraction of sp³-hybridized carbons (Fsp3) is 0.200. The molecule has 1 aromatic rings. The summed E-state index contributed by atoms with van der Waals surface area (Å²) in [5, 5.41) is 30.3. The second kappa shape index (κ2) is 6.09. The maximum atomic E-state index is 11.8. The van der Waals surface area contributed by atoms with E-state index in [1.165, 1.54) is 0 Å². The maximum absolute atomic E-state index is 11.8. The van der Waals surface area contributed by atoms with Crippen LogP contribution in [0.15, 0.2) is 35.5 Å². The normalized spacial score (nSPS) is 20.7. The van der Waals surface area contributed by atoms with E-state index in [0.717, 1.165) is 0 Å². The van der Waals surface area contributed by atoms with Gasteiger partial charge in [0.2, 0.25) is 5.91 Å². The van der Waals surface area contributed by atoms with Crippen LogP contribution in [-0.4, -0.2) is 5.91 Å². The van der Waals surface area contributed by atoms with Crippen molar-refractivity contribution in [2.45, 2.75) is 12.3 Å². The molecule has 1 fully saturated rings. The van der Waals surface area contributed by atoms with E-state index in [1.807, 2.05) is 0 Å². The van der Waals surface area contributed by atoms with Gasteiger partial charge in [0.25, 0.3) is 0 Å². The molecular formula is C15H9ClN4O. The molecule has 0 radical (unpaired) electrons. The topological polar surface area (TPSA) is 100 Å². The highest BCUT2D eigenvalue weighted by molar-refractivity contribution is 6.31. The lowest BCUT2D eigenvalue weighted by atomic mass is 9.78. The first-order valence-electron chi connectivity index (χ1n) is 6.10. The molecule has 0 saturated carbocycles. The average Bonchev–Trinajstić information content (AvgIpc) is 2.48. The van der Waals surface area contributed by atoms with Gasteiger partial charge >= 0.3 is 0 Å². The Balaban J connectivity index is 2.58. The van der Waals surface area contributed by atoms with Crippen LogP contribution < -0.4 is 5.32 Å². The molecule has 1 N–H and O–H groups in total. The summed E-state index contributed by atoms with van der Waals surface area (Å²) < 4.78 is 0. The number of hydrogen-bond acceptors (Lipinski definition) is 4. The van der Waals surface area contributed by atoms with Crippen molar-refractivity contribution in [3.05, 3.63) is 46.1 Å². The van der Waals surface area contributed by atoms with E-state index in [-0.39, 0.29) is 23.6 Å². The van der Waals surface area contributed by atoms with E-state index in [4.69, 9.17) is 22.1 Å². The predicted octanol–water partition coefficient (Wildman–Crippen LogP) is 2.38. The Labute approximate surface area is 126 Å². The largest absolute Gasteiger partial charge is 0.327 e. The van der Waals surface area contributed by atoms with Crippen LogP contribution >= 0.6 is 11.6 Å². The van der Waals surface area contributed by atoms with Crippen LogP contribution in [0.2, 0.25) is 5.02 Å². The average molecular weight is 297 g/mol. The van der Waals surface area contributed by atoms with Gasteiger partial charge in [0.05, 0.1) is 17.7 Å². The summed E-state index contributed by atoms with van der Waals surface area (Å²) >= 11 is 6.14. The number of benzene rings is 1. The van der Waals surface area contributed by atoms with E-state index in [1.54, 1.807) is 36.4 Å². The van der Waals surface area contributed by atoms with Gasteiger partial charge in [-0.15, -0.1) is 0 Å². The molecule has 1 aromatic carbocycles. The van der Waals surface area contributed by atoms with Gasteiger partial charge in [-0.3, -0.25) is 4.79 Å². The Morgan fingerprint density at radius 3 is 2.48 bits per heavy atom. The number of nitrogens with zero attached hydrogens (tertiary/aromatic N) is 3. The van der Waals surface area contributed by atoms with Crippen LogP contribution in [0.5, 0.6) is 0 Å². The SMILES string of the molecule is N#CC(C#N)=C1NC(=O)CC(c2ccccc2Cl)C1C#N. The molecule has 2 rings (SSSR count). The number of piperidine rings is 1. The highest BCUT2D eigenvalue weighted by atomic mass is 35.5. The molecule has 102 valence electrons. The molecule has 1 aliphatic rings. The molecule has 2 unspecified atom stereocenters. The van der Waals surface area contributed by atoms with Crippen molar-refractivity contribution in [1.82, 2.24) is 5.32 Å². The molecule has 1 saturated heterocycles. The Morgan fingerprint density at radius 2 is 1.90 bits per heavy atom. The minimum absolute atomic E-state index is 0.0590. The van der Waals surface area contributed by atoms with E-state index < -0.39 is 11.8 Å². The Morgan fingerprint density at radius 1 is 1.24 bits per heavy atom. The Bertz CT molecular complexity index is 732. The predicted molar refractivity (Wildman–Crippen MR) is 74.3 cm³/mol. The first kappa shape index (κ1) is 14.6. The first-order valence-corrected chi connectivity index (χ1v) is 6.48. The number of carbonyl (C=O) groups is 1. The lowest BCUT2D eigenvalue weighted by Gasteiger charge is -2.30. The third-order valence-corrected chi connectivity index (χ3v) is 3.67. The molecule has 1 aliphatic heterocycles. The molecule has 2 atom stereocenters. The van der Waals surface area contributed by atoms with Crippen molar-refractivity contribution in [3.63, 3.8) is 0 Å². The third-order valence-electron chi connectivity index (χ3n) is 3.33. The molecule has 0 aromatic heterocycles. The van der Waals surface area contributed by atoms with Gasteiger partial charge in [0.1, 0.15) is 17.7 Å². The highest BCUT2D eigenvalue weighted by Gasteiger charge is 2.37. The Kier molecular flexibility index (Phi) is 4.24. The van der Waals surface area contributed by atoms with E-state index in [9.17, 15) is 10.1 Å². The number of hydrogen-bond donors (Lipinski definition) is 1. The molecule has 21 heavy (non-hydrogen) atoms. The number of nitriles is 3. The maximum Gasteiger partial charge on any atom is 0.224 e. The minimum atomic E-state index is -0.795. The van der Waals surface area contributed by atoms with Crippen molar-refractivity contribution < 1.29 is 4.79 Å². The summed E-state index contributed by atoms with van der Waals surface area (Å²) in [4.78, 5) is 11.8. The number of carbonyl (C=O) groups excluding carboxylic acids is 1. The second-order valence-electron chi connectivity index (χ2n) is 4.50.